The number of nitrogens with one attached hydrogen (secondary N) is 1. The molecule has 1 N–H and O–H groups in total. The zero-order chi connectivity index (χ0) is 12.1. The third kappa shape index (κ3) is 3.67. The third-order valence-corrected chi connectivity index (χ3v) is 4.28. The van der Waals surface area contributed by atoms with Crippen LogP contribution in [0.3, 0.4) is 0 Å². The summed E-state index contributed by atoms with van der Waals surface area (Å²) >= 11 is 0. The van der Waals surface area contributed by atoms with Gasteiger partial charge in [0.1, 0.15) is 0 Å². The molecule has 0 aromatic carbocycles. The van der Waals surface area contributed by atoms with Gasteiger partial charge in [0.2, 0.25) is 0 Å². The van der Waals surface area contributed by atoms with Gasteiger partial charge in [-0.25, -0.2) is 0 Å². The summed E-state index contributed by atoms with van der Waals surface area (Å²) in [6.45, 7) is 5.39. The lowest BCUT2D eigenvalue weighted by Gasteiger charge is -2.34. The second-order valence-electron chi connectivity index (χ2n) is 5.59. The van der Waals surface area contributed by atoms with Crippen LogP contribution >= 0.6 is 0 Å². The molecule has 2 fully saturated rings. The largest absolute Gasteiger partial charge is 0.377 e. The second-order valence-corrected chi connectivity index (χ2v) is 5.59. The quantitative estimate of drug-likeness (QED) is 0.795. The van der Waals surface area contributed by atoms with Crippen LogP contribution in [0.2, 0.25) is 0 Å². The summed E-state index contributed by atoms with van der Waals surface area (Å²) in [5.74, 6) is 0. The number of rotatable bonds is 5. The number of likely N-dealkylation sites (N-methyl/N-ethyl adjacent to an activating group) is 2. The van der Waals surface area contributed by atoms with Crippen LogP contribution < -0.4 is 5.32 Å². The molecular weight excluding hydrogens is 212 g/mol. The molecule has 3 heteroatoms. The molecule has 0 radical (unpaired) electrons. The Balaban J connectivity index is 1.79. The molecule has 0 aromatic heterocycles. The number of hydrogen-bond acceptors (Lipinski definition) is 3. The van der Waals surface area contributed by atoms with Gasteiger partial charge in [0.25, 0.3) is 0 Å². The Hall–Kier alpha value is -0.120. The van der Waals surface area contributed by atoms with Crippen LogP contribution in [0, 0.1) is 0 Å². The minimum atomic E-state index is 0.483. The molecular formula is C14H28N2O. The molecule has 1 aliphatic carbocycles. The maximum absolute atomic E-state index is 5.84. The van der Waals surface area contributed by atoms with Gasteiger partial charge in [-0.05, 0) is 45.7 Å². The third-order valence-electron chi connectivity index (χ3n) is 4.28. The summed E-state index contributed by atoms with van der Waals surface area (Å²) in [4.78, 5) is 2.54. The fraction of sp³-hybridized carbons (Fsp3) is 1.00. The fourth-order valence-corrected chi connectivity index (χ4v) is 3.38. The van der Waals surface area contributed by atoms with E-state index in [0.717, 1.165) is 25.7 Å². The van der Waals surface area contributed by atoms with Crippen molar-refractivity contribution in [1.29, 1.82) is 0 Å². The van der Waals surface area contributed by atoms with Crippen LogP contribution in [0.4, 0.5) is 0 Å². The van der Waals surface area contributed by atoms with E-state index >= 15 is 0 Å². The Morgan fingerprint density at radius 1 is 1.18 bits per heavy atom. The van der Waals surface area contributed by atoms with Gasteiger partial charge in [0.05, 0.1) is 6.10 Å². The molecule has 1 saturated carbocycles. The number of ether oxygens (including phenoxy) is 1. The van der Waals surface area contributed by atoms with E-state index in [9.17, 15) is 0 Å². The summed E-state index contributed by atoms with van der Waals surface area (Å²) in [5, 5.41) is 3.63. The van der Waals surface area contributed by atoms with E-state index in [1.165, 1.54) is 38.5 Å². The van der Waals surface area contributed by atoms with Gasteiger partial charge >= 0.3 is 0 Å². The predicted molar refractivity (Wildman–Crippen MR) is 71.3 cm³/mol. The summed E-state index contributed by atoms with van der Waals surface area (Å²) in [6, 6.07) is 1.43. The Labute approximate surface area is 106 Å². The maximum Gasteiger partial charge on any atom is 0.0702 e. The molecule has 0 bridgehead atoms. The van der Waals surface area contributed by atoms with E-state index in [1.807, 2.05) is 0 Å². The van der Waals surface area contributed by atoms with Gasteiger partial charge < -0.3 is 10.1 Å². The lowest BCUT2D eigenvalue weighted by atomic mass is 10.1. The average molecular weight is 240 g/mol. The summed E-state index contributed by atoms with van der Waals surface area (Å²) in [6.07, 6.45) is 8.40. The highest BCUT2D eigenvalue weighted by atomic mass is 16.5. The van der Waals surface area contributed by atoms with Crippen LogP contribution in [0.25, 0.3) is 0 Å². The molecule has 1 aliphatic heterocycles. The minimum Gasteiger partial charge on any atom is -0.377 e. The Morgan fingerprint density at radius 2 is 2.06 bits per heavy atom. The van der Waals surface area contributed by atoms with Crippen LogP contribution in [-0.4, -0.2) is 49.8 Å². The van der Waals surface area contributed by atoms with Crippen molar-refractivity contribution in [3.05, 3.63) is 0 Å². The Morgan fingerprint density at radius 3 is 2.76 bits per heavy atom. The molecule has 100 valence electrons. The monoisotopic (exact) mass is 240 g/mol. The summed E-state index contributed by atoms with van der Waals surface area (Å²) in [7, 11) is 2.28. The van der Waals surface area contributed by atoms with E-state index < -0.39 is 0 Å². The first-order valence-electron chi connectivity index (χ1n) is 7.36. The number of hydrogen-bond donors (Lipinski definition) is 1. The zero-order valence-electron chi connectivity index (χ0n) is 11.5. The molecule has 2 aliphatic rings. The SMILES string of the molecule is CCNC1CCCC1N(C)CC1CCCCO1. The molecule has 0 aromatic rings. The Kier molecular flexibility index (Phi) is 5.26. The van der Waals surface area contributed by atoms with Crippen molar-refractivity contribution in [2.75, 3.05) is 26.7 Å². The van der Waals surface area contributed by atoms with Crippen LogP contribution in [-0.2, 0) is 4.74 Å². The zero-order valence-corrected chi connectivity index (χ0v) is 11.5. The average Bonchev–Trinajstić information content (AvgIpc) is 2.79. The van der Waals surface area contributed by atoms with Crippen molar-refractivity contribution < 1.29 is 4.74 Å². The molecule has 1 heterocycles. The maximum atomic E-state index is 5.84. The van der Waals surface area contributed by atoms with Crippen molar-refractivity contribution >= 4 is 0 Å². The highest BCUT2D eigenvalue weighted by molar-refractivity contribution is 4.89. The van der Waals surface area contributed by atoms with Crippen molar-refractivity contribution in [2.45, 2.75) is 63.6 Å². The standard InChI is InChI=1S/C14H28N2O/c1-3-15-13-8-6-9-14(13)16(2)11-12-7-4-5-10-17-12/h12-15H,3-11H2,1-2H3. The van der Waals surface area contributed by atoms with Crippen molar-refractivity contribution in [2.24, 2.45) is 0 Å². The van der Waals surface area contributed by atoms with Gasteiger partial charge in [-0.3, -0.25) is 4.90 Å². The molecule has 17 heavy (non-hydrogen) atoms. The van der Waals surface area contributed by atoms with E-state index in [0.29, 0.717) is 12.1 Å². The van der Waals surface area contributed by atoms with E-state index in [1.54, 1.807) is 0 Å². The van der Waals surface area contributed by atoms with Crippen molar-refractivity contribution in [3.8, 4) is 0 Å². The summed E-state index contributed by atoms with van der Waals surface area (Å²) < 4.78 is 5.84. The summed E-state index contributed by atoms with van der Waals surface area (Å²) in [5.41, 5.74) is 0. The van der Waals surface area contributed by atoms with E-state index in [4.69, 9.17) is 4.74 Å². The van der Waals surface area contributed by atoms with Crippen molar-refractivity contribution in [3.63, 3.8) is 0 Å². The van der Waals surface area contributed by atoms with Gasteiger partial charge in [-0.2, -0.15) is 0 Å². The minimum absolute atomic E-state index is 0.483. The molecule has 0 spiro atoms. The topological polar surface area (TPSA) is 24.5 Å². The lowest BCUT2D eigenvalue weighted by Crippen LogP contribution is -2.48. The van der Waals surface area contributed by atoms with Crippen molar-refractivity contribution in [1.82, 2.24) is 10.2 Å². The smallest absolute Gasteiger partial charge is 0.0702 e. The van der Waals surface area contributed by atoms with E-state index in [-0.39, 0.29) is 0 Å². The highest BCUT2D eigenvalue weighted by Gasteiger charge is 2.30. The van der Waals surface area contributed by atoms with Crippen LogP contribution in [0.5, 0.6) is 0 Å². The number of nitrogens with zero attached hydrogens (tertiary/aromatic N) is 1. The Bertz CT molecular complexity index is 216. The molecule has 3 atom stereocenters. The predicted octanol–water partition coefficient (Wildman–Crippen LogP) is 2.02. The first-order valence-corrected chi connectivity index (χ1v) is 7.36. The van der Waals surface area contributed by atoms with Gasteiger partial charge in [0, 0.05) is 25.2 Å². The van der Waals surface area contributed by atoms with Gasteiger partial charge in [-0.15, -0.1) is 0 Å². The lowest BCUT2D eigenvalue weighted by molar-refractivity contribution is -0.00944. The van der Waals surface area contributed by atoms with Crippen LogP contribution in [0.15, 0.2) is 0 Å². The fourth-order valence-electron chi connectivity index (χ4n) is 3.38. The molecule has 3 unspecified atom stereocenters. The van der Waals surface area contributed by atoms with Crippen LogP contribution in [0.1, 0.15) is 45.4 Å². The first kappa shape index (κ1) is 13.3. The van der Waals surface area contributed by atoms with Gasteiger partial charge in [-0.1, -0.05) is 13.3 Å². The molecule has 3 nitrogen and oxygen atoms in total. The molecule has 0 amide bonds. The first-order chi connectivity index (χ1) is 8.31. The second kappa shape index (κ2) is 6.72. The molecule has 2 rings (SSSR count). The normalized spacial score (nSPS) is 34.4. The molecule has 1 saturated heterocycles. The van der Waals surface area contributed by atoms with E-state index in [2.05, 4.69) is 24.2 Å². The highest BCUT2D eigenvalue weighted by Crippen LogP contribution is 2.24. The van der Waals surface area contributed by atoms with Gasteiger partial charge in [0.15, 0.2) is 0 Å².